The summed E-state index contributed by atoms with van der Waals surface area (Å²) in [5, 5.41) is 9.84. The van der Waals surface area contributed by atoms with Crippen molar-refractivity contribution < 1.29 is 14.6 Å². The monoisotopic (exact) mass is 396 g/mol. The summed E-state index contributed by atoms with van der Waals surface area (Å²) in [6.45, 7) is 5.31. The normalized spacial score (nSPS) is 24.5. The molecule has 5 nitrogen and oxygen atoms in total. The summed E-state index contributed by atoms with van der Waals surface area (Å²) in [7, 11) is 1.71. The van der Waals surface area contributed by atoms with Gasteiger partial charge in [-0.2, -0.15) is 0 Å². The number of hydrogen-bond donors (Lipinski definition) is 1. The minimum absolute atomic E-state index is 0.118. The first-order valence-electron chi connectivity index (χ1n) is 10.7. The minimum atomic E-state index is -0.145. The van der Waals surface area contributed by atoms with E-state index in [1.54, 1.807) is 7.11 Å². The van der Waals surface area contributed by atoms with Crippen LogP contribution in [0.15, 0.2) is 54.6 Å². The standard InChI is InChI=1S/C24H32N2O3/c1-28-22-9-5-6-19(16-22)17-26-14-15-29-23(18-25-12-10-21(27)11-13-25)24(26)20-7-3-2-4-8-20/h2-9,16,21,23-24,27H,10-15,17-18H2,1H3/t23-,24-/m0/s1. The van der Waals surface area contributed by atoms with Crippen molar-refractivity contribution in [3.63, 3.8) is 0 Å². The highest BCUT2D eigenvalue weighted by Gasteiger charge is 2.35. The summed E-state index contributed by atoms with van der Waals surface area (Å²) < 4.78 is 11.7. The van der Waals surface area contributed by atoms with E-state index in [9.17, 15) is 5.11 Å². The van der Waals surface area contributed by atoms with E-state index in [1.807, 2.05) is 6.07 Å². The summed E-state index contributed by atoms with van der Waals surface area (Å²) >= 11 is 0. The van der Waals surface area contributed by atoms with Gasteiger partial charge in [-0.15, -0.1) is 0 Å². The average molecular weight is 397 g/mol. The van der Waals surface area contributed by atoms with Crippen LogP contribution >= 0.6 is 0 Å². The molecule has 2 saturated heterocycles. The highest BCUT2D eigenvalue weighted by Crippen LogP contribution is 2.32. The molecule has 0 saturated carbocycles. The van der Waals surface area contributed by atoms with E-state index in [0.29, 0.717) is 0 Å². The van der Waals surface area contributed by atoms with Gasteiger partial charge in [0.15, 0.2) is 0 Å². The molecule has 2 atom stereocenters. The fourth-order valence-electron chi connectivity index (χ4n) is 4.55. The lowest BCUT2D eigenvalue weighted by Gasteiger charge is -2.44. The molecule has 2 aliphatic heterocycles. The number of morpholine rings is 1. The van der Waals surface area contributed by atoms with Gasteiger partial charge in [-0.05, 0) is 36.1 Å². The third kappa shape index (κ3) is 5.17. The minimum Gasteiger partial charge on any atom is -0.497 e. The van der Waals surface area contributed by atoms with Crippen LogP contribution in [0.5, 0.6) is 5.75 Å². The number of likely N-dealkylation sites (tertiary alicyclic amines) is 1. The van der Waals surface area contributed by atoms with Gasteiger partial charge in [-0.1, -0.05) is 42.5 Å². The molecule has 2 aromatic carbocycles. The van der Waals surface area contributed by atoms with Crippen molar-refractivity contribution >= 4 is 0 Å². The molecule has 2 aromatic rings. The van der Waals surface area contributed by atoms with Crippen LogP contribution in [0, 0.1) is 0 Å². The molecule has 0 unspecified atom stereocenters. The molecule has 2 aliphatic rings. The van der Waals surface area contributed by atoms with Crippen LogP contribution in [0.4, 0.5) is 0 Å². The van der Waals surface area contributed by atoms with Crippen LogP contribution in [-0.4, -0.2) is 67.0 Å². The Morgan fingerprint density at radius 1 is 1.03 bits per heavy atom. The van der Waals surface area contributed by atoms with Gasteiger partial charge in [-0.3, -0.25) is 4.90 Å². The Kier molecular flexibility index (Phi) is 6.82. The lowest BCUT2D eigenvalue weighted by Crippen LogP contribution is -2.50. The Morgan fingerprint density at radius 2 is 1.83 bits per heavy atom. The molecule has 29 heavy (non-hydrogen) atoms. The van der Waals surface area contributed by atoms with Crippen molar-refractivity contribution in [2.24, 2.45) is 0 Å². The molecular weight excluding hydrogens is 364 g/mol. The van der Waals surface area contributed by atoms with Crippen molar-refractivity contribution in [1.29, 1.82) is 0 Å². The third-order valence-electron chi connectivity index (χ3n) is 6.11. The molecule has 2 heterocycles. The van der Waals surface area contributed by atoms with Gasteiger partial charge >= 0.3 is 0 Å². The molecular formula is C24H32N2O3. The Labute approximate surface area is 173 Å². The van der Waals surface area contributed by atoms with Crippen LogP contribution in [-0.2, 0) is 11.3 Å². The van der Waals surface area contributed by atoms with E-state index in [-0.39, 0.29) is 18.2 Å². The van der Waals surface area contributed by atoms with Crippen LogP contribution in [0.3, 0.4) is 0 Å². The van der Waals surface area contributed by atoms with Gasteiger partial charge in [0.1, 0.15) is 5.75 Å². The molecule has 0 amide bonds. The van der Waals surface area contributed by atoms with Gasteiger partial charge in [0.05, 0.1) is 32.0 Å². The summed E-state index contributed by atoms with van der Waals surface area (Å²) in [6, 6.07) is 19.3. The van der Waals surface area contributed by atoms with Gasteiger partial charge < -0.3 is 19.5 Å². The molecule has 5 heteroatoms. The fraction of sp³-hybridized carbons (Fsp3) is 0.500. The van der Waals surface area contributed by atoms with Gasteiger partial charge in [-0.25, -0.2) is 0 Å². The zero-order valence-electron chi connectivity index (χ0n) is 17.2. The molecule has 0 aromatic heterocycles. The zero-order chi connectivity index (χ0) is 20.1. The Hall–Kier alpha value is -1.92. The second-order valence-corrected chi connectivity index (χ2v) is 8.12. The van der Waals surface area contributed by atoms with Gasteiger partial charge in [0, 0.05) is 32.7 Å². The first kappa shape index (κ1) is 20.4. The quantitative estimate of drug-likeness (QED) is 0.813. The van der Waals surface area contributed by atoms with Gasteiger partial charge in [0.2, 0.25) is 0 Å². The molecule has 0 radical (unpaired) electrons. The topological polar surface area (TPSA) is 45.2 Å². The van der Waals surface area contributed by atoms with Crippen LogP contribution in [0.2, 0.25) is 0 Å². The van der Waals surface area contributed by atoms with Crippen molar-refractivity contribution in [1.82, 2.24) is 9.80 Å². The van der Waals surface area contributed by atoms with Crippen LogP contribution in [0.25, 0.3) is 0 Å². The van der Waals surface area contributed by atoms with Crippen molar-refractivity contribution in [3.8, 4) is 5.75 Å². The van der Waals surface area contributed by atoms with E-state index in [2.05, 4.69) is 58.3 Å². The van der Waals surface area contributed by atoms with E-state index < -0.39 is 0 Å². The number of nitrogens with zero attached hydrogens (tertiary/aromatic N) is 2. The third-order valence-corrected chi connectivity index (χ3v) is 6.11. The molecule has 156 valence electrons. The number of hydrogen-bond acceptors (Lipinski definition) is 5. The van der Waals surface area contributed by atoms with Gasteiger partial charge in [0.25, 0.3) is 0 Å². The van der Waals surface area contributed by atoms with Crippen molar-refractivity contribution in [2.45, 2.75) is 37.6 Å². The summed E-state index contributed by atoms with van der Waals surface area (Å²) in [4.78, 5) is 4.99. The van der Waals surface area contributed by atoms with Crippen LogP contribution < -0.4 is 4.74 Å². The second kappa shape index (κ2) is 9.72. The second-order valence-electron chi connectivity index (χ2n) is 8.12. The Balaban J connectivity index is 1.54. The number of methoxy groups -OCH3 is 1. The zero-order valence-corrected chi connectivity index (χ0v) is 17.2. The number of benzene rings is 2. The van der Waals surface area contributed by atoms with Crippen LogP contribution in [0.1, 0.15) is 30.0 Å². The lowest BCUT2D eigenvalue weighted by molar-refractivity contribution is -0.0915. The number of piperidine rings is 1. The van der Waals surface area contributed by atoms with E-state index >= 15 is 0 Å². The highest BCUT2D eigenvalue weighted by atomic mass is 16.5. The number of rotatable bonds is 6. The molecule has 0 aliphatic carbocycles. The smallest absolute Gasteiger partial charge is 0.119 e. The van der Waals surface area contributed by atoms with Crippen molar-refractivity contribution in [2.75, 3.05) is 39.9 Å². The first-order valence-corrected chi connectivity index (χ1v) is 10.7. The van der Waals surface area contributed by atoms with E-state index in [4.69, 9.17) is 9.47 Å². The first-order chi connectivity index (χ1) is 14.2. The Bertz CT molecular complexity index is 762. The largest absolute Gasteiger partial charge is 0.497 e. The molecule has 0 bridgehead atoms. The van der Waals surface area contributed by atoms with E-state index in [1.165, 1.54) is 11.1 Å². The molecule has 0 spiro atoms. The molecule has 2 fully saturated rings. The van der Waals surface area contributed by atoms with E-state index in [0.717, 1.165) is 57.9 Å². The predicted octanol–water partition coefficient (Wildman–Crippen LogP) is 3.09. The molecule has 4 rings (SSSR count). The summed E-state index contributed by atoms with van der Waals surface area (Å²) in [5.41, 5.74) is 2.56. The lowest BCUT2D eigenvalue weighted by atomic mass is 9.96. The Morgan fingerprint density at radius 3 is 2.59 bits per heavy atom. The average Bonchev–Trinajstić information content (AvgIpc) is 2.76. The molecule has 1 N–H and O–H groups in total. The SMILES string of the molecule is COc1cccc(CN2CCO[C@@H](CN3CCC(O)CC3)[C@@H]2c2ccccc2)c1. The fourth-order valence-corrected chi connectivity index (χ4v) is 4.55. The number of ether oxygens (including phenoxy) is 2. The number of aliphatic hydroxyl groups is 1. The summed E-state index contributed by atoms with van der Waals surface area (Å²) in [6.07, 6.45) is 1.69. The predicted molar refractivity (Wildman–Crippen MR) is 114 cm³/mol. The highest BCUT2D eigenvalue weighted by molar-refractivity contribution is 5.29. The summed E-state index contributed by atoms with van der Waals surface area (Å²) in [5.74, 6) is 0.899. The maximum absolute atomic E-state index is 9.84. The maximum Gasteiger partial charge on any atom is 0.119 e. The van der Waals surface area contributed by atoms with Crippen molar-refractivity contribution in [3.05, 3.63) is 65.7 Å². The number of aliphatic hydroxyl groups excluding tert-OH is 1. The maximum atomic E-state index is 9.84.